The normalized spacial score (nSPS) is 10.6. The summed E-state index contributed by atoms with van der Waals surface area (Å²) in [5.41, 5.74) is 1.09. The summed E-state index contributed by atoms with van der Waals surface area (Å²) in [6, 6.07) is 1.57. The SMILES string of the molecule is O=[N+]([O-])c1cnccc1C=Cc1cnccn1. The average Bonchev–Trinajstić information content (AvgIpc) is 2.38. The van der Waals surface area contributed by atoms with Crippen LogP contribution in [-0.2, 0) is 0 Å². The molecule has 0 atom stereocenters. The van der Waals surface area contributed by atoms with E-state index in [9.17, 15) is 10.1 Å². The van der Waals surface area contributed by atoms with Gasteiger partial charge in [0, 0.05) is 18.6 Å². The molecule has 0 aromatic carbocycles. The van der Waals surface area contributed by atoms with E-state index < -0.39 is 4.92 Å². The highest BCUT2D eigenvalue weighted by atomic mass is 16.6. The van der Waals surface area contributed by atoms with Crippen molar-refractivity contribution in [2.24, 2.45) is 0 Å². The number of hydrogen-bond acceptors (Lipinski definition) is 5. The summed E-state index contributed by atoms with van der Waals surface area (Å²) in [7, 11) is 0. The van der Waals surface area contributed by atoms with E-state index >= 15 is 0 Å². The van der Waals surface area contributed by atoms with Crippen LogP contribution in [0.3, 0.4) is 0 Å². The number of hydrogen-bond donors (Lipinski definition) is 0. The zero-order chi connectivity index (χ0) is 12.1. The molecule has 0 fully saturated rings. The fourth-order valence-electron chi connectivity index (χ4n) is 1.26. The Hall–Kier alpha value is -2.63. The van der Waals surface area contributed by atoms with Crippen molar-refractivity contribution in [3.8, 4) is 0 Å². The summed E-state index contributed by atoms with van der Waals surface area (Å²) < 4.78 is 0. The lowest BCUT2D eigenvalue weighted by atomic mass is 10.2. The van der Waals surface area contributed by atoms with E-state index in [0.717, 1.165) is 0 Å². The molecule has 0 saturated carbocycles. The minimum Gasteiger partial charge on any atom is -0.261 e. The average molecular weight is 228 g/mol. The van der Waals surface area contributed by atoms with Crippen molar-refractivity contribution in [1.29, 1.82) is 0 Å². The van der Waals surface area contributed by atoms with Gasteiger partial charge >= 0.3 is 0 Å². The molecule has 6 nitrogen and oxygen atoms in total. The smallest absolute Gasteiger partial charge is 0.261 e. The first kappa shape index (κ1) is 10.9. The molecule has 84 valence electrons. The van der Waals surface area contributed by atoms with Crippen molar-refractivity contribution in [2.75, 3.05) is 0 Å². The molecule has 0 N–H and O–H groups in total. The highest BCUT2D eigenvalue weighted by molar-refractivity contribution is 5.72. The van der Waals surface area contributed by atoms with Crippen molar-refractivity contribution in [2.45, 2.75) is 0 Å². The topological polar surface area (TPSA) is 81.8 Å². The third-order valence-electron chi connectivity index (χ3n) is 2.05. The summed E-state index contributed by atoms with van der Waals surface area (Å²) >= 11 is 0. The fraction of sp³-hybridized carbons (Fsp3) is 0. The Labute approximate surface area is 96.8 Å². The van der Waals surface area contributed by atoms with Gasteiger partial charge in [0.05, 0.1) is 22.4 Å². The van der Waals surface area contributed by atoms with Gasteiger partial charge in [0.2, 0.25) is 0 Å². The molecule has 0 saturated heterocycles. The van der Waals surface area contributed by atoms with Crippen molar-refractivity contribution in [3.05, 3.63) is 58.4 Å². The zero-order valence-corrected chi connectivity index (χ0v) is 8.72. The van der Waals surface area contributed by atoms with E-state index in [4.69, 9.17) is 0 Å². The Balaban J connectivity index is 2.30. The summed E-state index contributed by atoms with van der Waals surface area (Å²) in [4.78, 5) is 21.9. The molecule has 17 heavy (non-hydrogen) atoms. The Bertz CT molecular complexity index is 554. The van der Waals surface area contributed by atoms with Crippen LogP contribution in [0.2, 0.25) is 0 Å². The maximum Gasteiger partial charge on any atom is 0.294 e. The first-order chi connectivity index (χ1) is 8.27. The lowest BCUT2D eigenvalue weighted by Gasteiger charge is -1.95. The molecule has 0 aliphatic heterocycles. The lowest BCUT2D eigenvalue weighted by Crippen LogP contribution is -1.92. The molecular weight excluding hydrogens is 220 g/mol. The molecule has 6 heteroatoms. The Morgan fingerprint density at radius 2 is 1.94 bits per heavy atom. The highest BCUT2D eigenvalue weighted by Gasteiger charge is 2.10. The number of pyridine rings is 1. The highest BCUT2D eigenvalue weighted by Crippen LogP contribution is 2.18. The predicted octanol–water partition coefficient (Wildman–Crippen LogP) is 1.95. The number of nitro groups is 1. The van der Waals surface area contributed by atoms with Crippen LogP contribution in [0.15, 0.2) is 37.1 Å². The van der Waals surface area contributed by atoms with Gasteiger partial charge in [-0.05, 0) is 18.2 Å². The quantitative estimate of drug-likeness (QED) is 0.592. The van der Waals surface area contributed by atoms with E-state index in [1.807, 2.05) is 0 Å². The van der Waals surface area contributed by atoms with E-state index in [1.165, 1.54) is 12.4 Å². The standard InChI is InChI=1S/C11H8N4O2/c16-15(17)11-8-12-4-3-9(11)1-2-10-7-13-5-6-14-10/h1-8H. The van der Waals surface area contributed by atoms with Gasteiger partial charge in [-0.25, -0.2) is 0 Å². The zero-order valence-electron chi connectivity index (χ0n) is 8.72. The molecule has 0 radical (unpaired) electrons. The van der Waals surface area contributed by atoms with Crippen LogP contribution in [-0.4, -0.2) is 19.9 Å². The molecule has 0 spiro atoms. The minimum absolute atomic E-state index is 0.0346. The van der Waals surface area contributed by atoms with Gasteiger partial charge in [0.15, 0.2) is 0 Å². The van der Waals surface area contributed by atoms with Crippen LogP contribution in [0.25, 0.3) is 12.2 Å². The third-order valence-corrected chi connectivity index (χ3v) is 2.05. The fourth-order valence-corrected chi connectivity index (χ4v) is 1.26. The van der Waals surface area contributed by atoms with Crippen molar-refractivity contribution in [3.63, 3.8) is 0 Å². The number of aromatic nitrogens is 3. The molecule has 0 aliphatic carbocycles. The van der Waals surface area contributed by atoms with Gasteiger partial charge in [-0.15, -0.1) is 0 Å². The minimum atomic E-state index is -0.469. The van der Waals surface area contributed by atoms with Crippen molar-refractivity contribution < 1.29 is 4.92 Å². The number of nitrogens with zero attached hydrogens (tertiary/aromatic N) is 4. The summed E-state index contributed by atoms with van der Waals surface area (Å²) in [5.74, 6) is 0. The number of rotatable bonds is 3. The van der Waals surface area contributed by atoms with E-state index in [0.29, 0.717) is 11.3 Å². The molecule has 2 aromatic heterocycles. The summed E-state index contributed by atoms with van der Waals surface area (Å²) in [5, 5.41) is 10.7. The summed E-state index contributed by atoms with van der Waals surface area (Å²) in [6.07, 6.45) is 10.7. The van der Waals surface area contributed by atoms with Crippen LogP contribution < -0.4 is 0 Å². The Kier molecular flexibility index (Phi) is 3.15. The van der Waals surface area contributed by atoms with Crippen LogP contribution >= 0.6 is 0 Å². The lowest BCUT2D eigenvalue weighted by molar-refractivity contribution is -0.385. The van der Waals surface area contributed by atoms with Crippen molar-refractivity contribution in [1.82, 2.24) is 15.0 Å². The largest absolute Gasteiger partial charge is 0.294 e. The van der Waals surface area contributed by atoms with E-state index in [1.54, 1.807) is 36.8 Å². The van der Waals surface area contributed by atoms with Gasteiger partial charge in [0.1, 0.15) is 6.20 Å². The van der Waals surface area contributed by atoms with E-state index in [2.05, 4.69) is 15.0 Å². The predicted molar refractivity (Wildman–Crippen MR) is 61.9 cm³/mol. The maximum atomic E-state index is 10.7. The maximum absolute atomic E-state index is 10.7. The van der Waals surface area contributed by atoms with Crippen LogP contribution in [0, 0.1) is 10.1 Å². The van der Waals surface area contributed by atoms with Gasteiger partial charge in [-0.1, -0.05) is 0 Å². The monoisotopic (exact) mass is 228 g/mol. The van der Waals surface area contributed by atoms with Gasteiger partial charge < -0.3 is 0 Å². The molecular formula is C11H8N4O2. The third kappa shape index (κ3) is 2.69. The second kappa shape index (κ2) is 4.93. The summed E-state index contributed by atoms with van der Waals surface area (Å²) in [6.45, 7) is 0. The van der Waals surface area contributed by atoms with Gasteiger partial charge in [0.25, 0.3) is 5.69 Å². The molecule has 0 bridgehead atoms. The molecule has 0 unspecified atom stereocenters. The second-order valence-electron chi connectivity index (χ2n) is 3.16. The van der Waals surface area contributed by atoms with Gasteiger partial charge in [-0.3, -0.25) is 25.1 Å². The Morgan fingerprint density at radius 3 is 2.65 bits per heavy atom. The van der Waals surface area contributed by atoms with Crippen LogP contribution in [0.5, 0.6) is 0 Å². The molecule has 0 amide bonds. The van der Waals surface area contributed by atoms with Crippen molar-refractivity contribution >= 4 is 17.8 Å². The van der Waals surface area contributed by atoms with Crippen LogP contribution in [0.4, 0.5) is 5.69 Å². The molecule has 0 aliphatic rings. The first-order valence-corrected chi connectivity index (χ1v) is 4.80. The van der Waals surface area contributed by atoms with Crippen LogP contribution in [0.1, 0.15) is 11.3 Å². The molecule has 2 rings (SSSR count). The molecule has 2 aromatic rings. The first-order valence-electron chi connectivity index (χ1n) is 4.80. The molecule has 2 heterocycles. The van der Waals surface area contributed by atoms with Gasteiger partial charge in [-0.2, -0.15) is 0 Å². The Morgan fingerprint density at radius 1 is 1.12 bits per heavy atom. The van der Waals surface area contributed by atoms with E-state index in [-0.39, 0.29) is 5.69 Å². The second-order valence-corrected chi connectivity index (χ2v) is 3.16.